The van der Waals surface area contributed by atoms with Crippen molar-refractivity contribution in [3.8, 4) is 5.75 Å². The van der Waals surface area contributed by atoms with E-state index in [1.165, 1.54) is 6.42 Å². The Morgan fingerprint density at radius 3 is 2.84 bits per heavy atom. The van der Waals surface area contributed by atoms with Crippen LogP contribution in [0.25, 0.3) is 0 Å². The number of carbonyl (C=O) groups excluding carboxylic acids is 1. The van der Waals surface area contributed by atoms with Crippen molar-refractivity contribution in [2.45, 2.75) is 18.9 Å². The summed E-state index contributed by atoms with van der Waals surface area (Å²) in [5, 5.41) is 6.10. The lowest BCUT2D eigenvalue weighted by Crippen LogP contribution is -2.29. The molecule has 1 aliphatic rings. The SMILES string of the molecule is COc1ccc(NC(=O)COCC2CCCN2)cc1. The van der Waals surface area contributed by atoms with E-state index in [1.54, 1.807) is 31.4 Å². The smallest absolute Gasteiger partial charge is 0.250 e. The molecule has 1 saturated heterocycles. The fourth-order valence-corrected chi connectivity index (χ4v) is 2.06. The molecule has 1 aliphatic heterocycles. The number of anilines is 1. The molecule has 0 aromatic heterocycles. The molecule has 1 amide bonds. The third-order valence-corrected chi connectivity index (χ3v) is 3.09. The highest BCUT2D eigenvalue weighted by molar-refractivity contribution is 5.91. The fourth-order valence-electron chi connectivity index (χ4n) is 2.06. The van der Waals surface area contributed by atoms with Crippen LogP contribution >= 0.6 is 0 Å². The summed E-state index contributed by atoms with van der Waals surface area (Å²) in [7, 11) is 1.61. The molecule has 0 radical (unpaired) electrons. The van der Waals surface area contributed by atoms with Crippen LogP contribution in [0.15, 0.2) is 24.3 Å². The highest BCUT2D eigenvalue weighted by Gasteiger charge is 2.14. The monoisotopic (exact) mass is 264 g/mol. The molecule has 19 heavy (non-hydrogen) atoms. The molecule has 1 aromatic carbocycles. The van der Waals surface area contributed by atoms with Gasteiger partial charge in [0.2, 0.25) is 5.91 Å². The Morgan fingerprint density at radius 2 is 2.21 bits per heavy atom. The Morgan fingerprint density at radius 1 is 1.42 bits per heavy atom. The molecule has 1 unspecified atom stereocenters. The molecule has 0 aliphatic carbocycles. The quantitative estimate of drug-likeness (QED) is 0.815. The van der Waals surface area contributed by atoms with Gasteiger partial charge in [-0.1, -0.05) is 0 Å². The van der Waals surface area contributed by atoms with Crippen LogP contribution in [0.3, 0.4) is 0 Å². The van der Waals surface area contributed by atoms with E-state index in [0.29, 0.717) is 12.6 Å². The Balaban J connectivity index is 1.68. The Kier molecular flexibility index (Phi) is 5.18. The summed E-state index contributed by atoms with van der Waals surface area (Å²) in [6.07, 6.45) is 2.31. The lowest BCUT2D eigenvalue weighted by atomic mass is 10.2. The minimum Gasteiger partial charge on any atom is -0.497 e. The highest BCUT2D eigenvalue weighted by Crippen LogP contribution is 2.14. The molecule has 0 bridgehead atoms. The third kappa shape index (κ3) is 4.54. The number of methoxy groups -OCH3 is 1. The van der Waals surface area contributed by atoms with Gasteiger partial charge in [0.05, 0.1) is 13.7 Å². The Labute approximate surface area is 113 Å². The molecular formula is C14H20N2O3. The minimum absolute atomic E-state index is 0.0875. The van der Waals surface area contributed by atoms with Gasteiger partial charge in [-0.25, -0.2) is 0 Å². The summed E-state index contributed by atoms with van der Waals surface area (Å²) in [6, 6.07) is 7.61. The van der Waals surface area contributed by atoms with Crippen molar-refractivity contribution in [3.05, 3.63) is 24.3 Å². The first-order valence-electron chi connectivity index (χ1n) is 6.53. The van der Waals surface area contributed by atoms with E-state index in [2.05, 4.69) is 10.6 Å². The second kappa shape index (κ2) is 7.11. The van der Waals surface area contributed by atoms with Crippen molar-refractivity contribution < 1.29 is 14.3 Å². The van der Waals surface area contributed by atoms with Gasteiger partial charge in [0.25, 0.3) is 0 Å². The van der Waals surface area contributed by atoms with Crippen molar-refractivity contribution in [2.24, 2.45) is 0 Å². The van der Waals surface area contributed by atoms with Crippen molar-refractivity contribution >= 4 is 11.6 Å². The van der Waals surface area contributed by atoms with E-state index < -0.39 is 0 Å². The number of rotatable bonds is 6. The number of benzene rings is 1. The van der Waals surface area contributed by atoms with Crippen LogP contribution < -0.4 is 15.4 Å². The van der Waals surface area contributed by atoms with Crippen LogP contribution in [0, 0.1) is 0 Å². The highest BCUT2D eigenvalue weighted by atomic mass is 16.5. The number of hydrogen-bond acceptors (Lipinski definition) is 4. The first-order chi connectivity index (χ1) is 9.28. The van der Waals surface area contributed by atoms with E-state index in [4.69, 9.17) is 9.47 Å². The zero-order valence-corrected chi connectivity index (χ0v) is 11.1. The molecule has 2 rings (SSSR count). The topological polar surface area (TPSA) is 59.6 Å². The van der Waals surface area contributed by atoms with Gasteiger partial charge in [-0.2, -0.15) is 0 Å². The van der Waals surface area contributed by atoms with Gasteiger partial charge in [0.15, 0.2) is 0 Å². The van der Waals surface area contributed by atoms with Gasteiger partial charge in [-0.05, 0) is 43.7 Å². The average Bonchev–Trinajstić information content (AvgIpc) is 2.93. The standard InChI is InChI=1S/C14H20N2O3/c1-18-13-6-4-11(5-7-13)16-14(17)10-19-9-12-3-2-8-15-12/h4-7,12,15H,2-3,8-10H2,1H3,(H,16,17). The number of hydrogen-bond donors (Lipinski definition) is 2. The van der Waals surface area contributed by atoms with E-state index in [0.717, 1.165) is 24.4 Å². The van der Waals surface area contributed by atoms with Gasteiger partial charge < -0.3 is 20.1 Å². The van der Waals surface area contributed by atoms with E-state index >= 15 is 0 Å². The largest absolute Gasteiger partial charge is 0.497 e. The molecule has 2 N–H and O–H groups in total. The van der Waals surface area contributed by atoms with Crippen LogP contribution in [0.4, 0.5) is 5.69 Å². The van der Waals surface area contributed by atoms with Gasteiger partial charge in [0, 0.05) is 11.7 Å². The van der Waals surface area contributed by atoms with E-state index in [1.807, 2.05) is 0 Å². The maximum absolute atomic E-state index is 11.7. The number of amides is 1. The molecule has 5 nitrogen and oxygen atoms in total. The molecular weight excluding hydrogens is 244 g/mol. The van der Waals surface area contributed by atoms with Crippen molar-refractivity contribution in [3.63, 3.8) is 0 Å². The van der Waals surface area contributed by atoms with Gasteiger partial charge in [0.1, 0.15) is 12.4 Å². The normalized spacial score (nSPS) is 18.3. The summed E-state index contributed by atoms with van der Waals surface area (Å²) in [5.41, 5.74) is 0.744. The zero-order valence-electron chi connectivity index (χ0n) is 11.1. The van der Waals surface area contributed by atoms with Crippen molar-refractivity contribution in [1.29, 1.82) is 0 Å². The second-order valence-corrected chi connectivity index (χ2v) is 4.59. The number of nitrogens with one attached hydrogen (secondary N) is 2. The Bertz CT molecular complexity index is 400. The van der Waals surface area contributed by atoms with E-state index in [-0.39, 0.29) is 12.5 Å². The van der Waals surface area contributed by atoms with Gasteiger partial charge in [-0.3, -0.25) is 4.79 Å². The van der Waals surface area contributed by atoms with Crippen LogP contribution in [0.5, 0.6) is 5.75 Å². The fraction of sp³-hybridized carbons (Fsp3) is 0.500. The minimum atomic E-state index is -0.136. The second-order valence-electron chi connectivity index (χ2n) is 4.59. The molecule has 1 atom stereocenters. The lowest BCUT2D eigenvalue weighted by Gasteiger charge is -2.11. The molecule has 0 spiro atoms. The average molecular weight is 264 g/mol. The predicted molar refractivity (Wildman–Crippen MR) is 73.5 cm³/mol. The molecule has 0 saturated carbocycles. The molecule has 1 aromatic rings. The van der Waals surface area contributed by atoms with Crippen molar-refractivity contribution in [2.75, 3.05) is 32.2 Å². The molecule has 1 heterocycles. The zero-order chi connectivity index (χ0) is 13.5. The van der Waals surface area contributed by atoms with E-state index in [9.17, 15) is 4.79 Å². The summed E-state index contributed by atoms with van der Waals surface area (Å²) in [5.74, 6) is 0.629. The summed E-state index contributed by atoms with van der Waals surface area (Å²) < 4.78 is 10.4. The Hall–Kier alpha value is -1.59. The number of ether oxygens (including phenoxy) is 2. The predicted octanol–water partition coefficient (Wildman–Crippen LogP) is 1.40. The molecule has 104 valence electrons. The van der Waals surface area contributed by atoms with Crippen molar-refractivity contribution in [1.82, 2.24) is 5.32 Å². The number of carbonyl (C=O) groups is 1. The van der Waals surface area contributed by atoms with Crippen LogP contribution in [-0.2, 0) is 9.53 Å². The van der Waals surface area contributed by atoms with Gasteiger partial charge in [-0.15, -0.1) is 0 Å². The van der Waals surface area contributed by atoms with Crippen LogP contribution in [-0.4, -0.2) is 38.8 Å². The first-order valence-corrected chi connectivity index (χ1v) is 6.53. The molecule has 1 fully saturated rings. The third-order valence-electron chi connectivity index (χ3n) is 3.09. The maximum Gasteiger partial charge on any atom is 0.250 e. The van der Waals surface area contributed by atoms with Crippen LogP contribution in [0.2, 0.25) is 0 Å². The van der Waals surface area contributed by atoms with Gasteiger partial charge >= 0.3 is 0 Å². The molecule has 5 heteroatoms. The lowest BCUT2D eigenvalue weighted by molar-refractivity contribution is -0.120. The summed E-state index contributed by atoms with van der Waals surface area (Å²) in [4.78, 5) is 11.7. The first kappa shape index (κ1) is 13.8. The summed E-state index contributed by atoms with van der Waals surface area (Å²) in [6.45, 7) is 1.73. The summed E-state index contributed by atoms with van der Waals surface area (Å²) >= 11 is 0. The van der Waals surface area contributed by atoms with Crippen LogP contribution in [0.1, 0.15) is 12.8 Å². The maximum atomic E-state index is 11.7.